The van der Waals surface area contributed by atoms with E-state index in [9.17, 15) is 0 Å². The Hall–Kier alpha value is -1.97. The van der Waals surface area contributed by atoms with Crippen molar-refractivity contribution in [2.24, 2.45) is 5.73 Å². The van der Waals surface area contributed by atoms with Gasteiger partial charge >= 0.3 is 0 Å². The number of rotatable bonds is 2. The fourth-order valence-electron chi connectivity index (χ4n) is 1.15. The molecule has 1 rings (SSSR count). The van der Waals surface area contributed by atoms with Crippen molar-refractivity contribution >= 4 is 0 Å². The summed E-state index contributed by atoms with van der Waals surface area (Å²) in [5, 5.41) is 8.79. The Morgan fingerprint density at radius 3 is 2.81 bits per heavy atom. The van der Waals surface area contributed by atoms with Crippen LogP contribution >= 0.6 is 0 Å². The van der Waals surface area contributed by atoms with E-state index >= 15 is 0 Å². The molecule has 1 atom stereocenters. The maximum absolute atomic E-state index is 8.79. The molecule has 0 spiro atoms. The summed E-state index contributed by atoms with van der Waals surface area (Å²) in [5.41, 5.74) is 6.97. The predicted molar refractivity (Wildman–Crippen MR) is 62.9 cm³/mol. The van der Waals surface area contributed by atoms with Crippen LogP contribution in [0.5, 0.6) is 5.75 Å². The van der Waals surface area contributed by atoms with Gasteiger partial charge in [0.05, 0.1) is 30.3 Å². The summed E-state index contributed by atoms with van der Waals surface area (Å²) in [4.78, 5) is 0. The zero-order valence-corrected chi connectivity index (χ0v) is 9.45. The van der Waals surface area contributed by atoms with Crippen LogP contribution < -0.4 is 10.5 Å². The number of benzene rings is 1. The first-order valence-electron chi connectivity index (χ1n) is 5.06. The third-order valence-corrected chi connectivity index (χ3v) is 2.16. The second-order valence-corrected chi connectivity index (χ2v) is 3.31. The molecule has 0 saturated carbocycles. The summed E-state index contributed by atoms with van der Waals surface area (Å²) in [7, 11) is 1.58. The standard InChI is InChI=1S/C13H14N2O/c1-3-12(15)6-5-11-8-10(9-14)4-7-13(11)16-2/h4,7-8,12H,3,15H2,1-2H3. The number of hydrogen-bond donors (Lipinski definition) is 1. The van der Waals surface area contributed by atoms with Crippen LogP contribution in [0.2, 0.25) is 0 Å². The number of nitrogens with zero attached hydrogens (tertiary/aromatic N) is 1. The minimum Gasteiger partial charge on any atom is -0.495 e. The highest BCUT2D eigenvalue weighted by molar-refractivity contribution is 5.51. The molecule has 0 saturated heterocycles. The van der Waals surface area contributed by atoms with Gasteiger partial charge in [0.25, 0.3) is 0 Å². The van der Waals surface area contributed by atoms with Gasteiger partial charge in [-0.3, -0.25) is 0 Å². The highest BCUT2D eigenvalue weighted by Crippen LogP contribution is 2.18. The lowest BCUT2D eigenvalue weighted by atomic mass is 10.1. The molecule has 2 N–H and O–H groups in total. The molecule has 0 radical (unpaired) electrons. The van der Waals surface area contributed by atoms with Gasteiger partial charge in [-0.2, -0.15) is 5.26 Å². The molecule has 1 unspecified atom stereocenters. The SMILES string of the molecule is CCC(N)C#Cc1cc(C#N)ccc1OC. The van der Waals surface area contributed by atoms with Crippen LogP contribution in [0.25, 0.3) is 0 Å². The van der Waals surface area contributed by atoms with Gasteiger partial charge in [0.2, 0.25) is 0 Å². The molecule has 0 aliphatic carbocycles. The molecular weight excluding hydrogens is 200 g/mol. The Morgan fingerprint density at radius 2 is 2.25 bits per heavy atom. The van der Waals surface area contributed by atoms with E-state index in [1.54, 1.807) is 25.3 Å². The van der Waals surface area contributed by atoms with Gasteiger partial charge in [-0.15, -0.1) is 0 Å². The number of ether oxygens (including phenoxy) is 1. The first kappa shape index (κ1) is 12.1. The quantitative estimate of drug-likeness (QED) is 0.761. The molecule has 0 aliphatic heterocycles. The molecule has 1 aromatic carbocycles. The first-order chi connectivity index (χ1) is 7.71. The lowest BCUT2D eigenvalue weighted by molar-refractivity contribution is 0.413. The van der Waals surface area contributed by atoms with Crippen LogP contribution in [0.15, 0.2) is 18.2 Å². The third kappa shape index (κ3) is 3.02. The van der Waals surface area contributed by atoms with Crippen molar-refractivity contribution in [3.8, 4) is 23.7 Å². The van der Waals surface area contributed by atoms with Crippen molar-refractivity contribution in [3.05, 3.63) is 29.3 Å². The maximum Gasteiger partial charge on any atom is 0.134 e. The van der Waals surface area contributed by atoms with Gasteiger partial charge in [0.1, 0.15) is 5.75 Å². The van der Waals surface area contributed by atoms with E-state index in [1.165, 1.54) is 0 Å². The van der Waals surface area contributed by atoms with Gasteiger partial charge in [-0.1, -0.05) is 18.8 Å². The van der Waals surface area contributed by atoms with Gasteiger partial charge in [-0.05, 0) is 24.6 Å². The molecule has 0 heterocycles. The average molecular weight is 214 g/mol. The fraction of sp³-hybridized carbons (Fsp3) is 0.308. The Bertz CT molecular complexity index is 463. The number of hydrogen-bond acceptors (Lipinski definition) is 3. The Labute approximate surface area is 95.8 Å². The second-order valence-electron chi connectivity index (χ2n) is 3.31. The normalized spacial score (nSPS) is 10.9. The van der Waals surface area contributed by atoms with Gasteiger partial charge < -0.3 is 10.5 Å². The van der Waals surface area contributed by atoms with Gasteiger partial charge in [0, 0.05) is 0 Å². The fourth-order valence-corrected chi connectivity index (χ4v) is 1.15. The Kier molecular flexibility index (Phi) is 4.39. The van der Waals surface area contributed by atoms with Gasteiger partial charge in [-0.25, -0.2) is 0 Å². The summed E-state index contributed by atoms with van der Waals surface area (Å²) >= 11 is 0. The predicted octanol–water partition coefficient (Wildman–Crippen LogP) is 1.66. The lowest BCUT2D eigenvalue weighted by Gasteiger charge is -2.03. The topological polar surface area (TPSA) is 59.0 Å². The van der Waals surface area contributed by atoms with Gasteiger partial charge in [0.15, 0.2) is 0 Å². The second kappa shape index (κ2) is 5.80. The van der Waals surface area contributed by atoms with Crippen LogP contribution in [0.4, 0.5) is 0 Å². The smallest absolute Gasteiger partial charge is 0.134 e. The number of nitrogens with two attached hydrogens (primary N) is 1. The maximum atomic E-state index is 8.79. The molecule has 0 fully saturated rings. The van der Waals surface area contributed by atoms with E-state index < -0.39 is 0 Å². The molecule has 0 bridgehead atoms. The zero-order chi connectivity index (χ0) is 12.0. The monoisotopic (exact) mass is 214 g/mol. The van der Waals surface area contributed by atoms with Crippen LogP contribution in [0.3, 0.4) is 0 Å². The summed E-state index contributed by atoms with van der Waals surface area (Å²) in [5.74, 6) is 6.51. The summed E-state index contributed by atoms with van der Waals surface area (Å²) in [6.07, 6.45) is 0.799. The minimum absolute atomic E-state index is 0.143. The summed E-state index contributed by atoms with van der Waals surface area (Å²) < 4.78 is 5.16. The van der Waals surface area contributed by atoms with Crippen molar-refractivity contribution < 1.29 is 4.74 Å². The summed E-state index contributed by atoms with van der Waals surface area (Å²) in [6, 6.07) is 7.06. The van der Waals surface area contributed by atoms with Crippen molar-refractivity contribution in [2.45, 2.75) is 19.4 Å². The van der Waals surface area contributed by atoms with E-state index in [0.29, 0.717) is 16.9 Å². The number of nitriles is 1. The Morgan fingerprint density at radius 1 is 1.50 bits per heavy atom. The molecule has 0 amide bonds. The number of methoxy groups -OCH3 is 1. The molecule has 1 aromatic rings. The van der Waals surface area contributed by atoms with Crippen LogP contribution in [-0.2, 0) is 0 Å². The third-order valence-electron chi connectivity index (χ3n) is 2.16. The lowest BCUT2D eigenvalue weighted by Crippen LogP contribution is -2.15. The zero-order valence-electron chi connectivity index (χ0n) is 9.45. The molecule has 3 nitrogen and oxygen atoms in total. The van der Waals surface area contributed by atoms with E-state index in [4.69, 9.17) is 15.7 Å². The molecule has 0 aromatic heterocycles. The van der Waals surface area contributed by atoms with Crippen LogP contribution in [0, 0.1) is 23.2 Å². The molecule has 3 heteroatoms. The van der Waals surface area contributed by atoms with Crippen molar-refractivity contribution in [1.82, 2.24) is 0 Å². The molecule has 0 aliphatic rings. The molecular formula is C13H14N2O. The van der Waals surface area contributed by atoms with E-state index in [2.05, 4.69) is 17.9 Å². The van der Waals surface area contributed by atoms with Crippen molar-refractivity contribution in [1.29, 1.82) is 5.26 Å². The van der Waals surface area contributed by atoms with Crippen molar-refractivity contribution in [2.75, 3.05) is 7.11 Å². The first-order valence-corrected chi connectivity index (χ1v) is 5.06. The van der Waals surface area contributed by atoms with Crippen LogP contribution in [0.1, 0.15) is 24.5 Å². The molecule has 82 valence electrons. The van der Waals surface area contributed by atoms with E-state index in [0.717, 1.165) is 6.42 Å². The highest BCUT2D eigenvalue weighted by atomic mass is 16.5. The largest absolute Gasteiger partial charge is 0.495 e. The van der Waals surface area contributed by atoms with Crippen molar-refractivity contribution in [3.63, 3.8) is 0 Å². The van der Waals surface area contributed by atoms with Crippen LogP contribution in [-0.4, -0.2) is 13.2 Å². The Balaban J connectivity index is 3.09. The summed E-state index contributed by atoms with van der Waals surface area (Å²) in [6.45, 7) is 1.97. The minimum atomic E-state index is -0.143. The average Bonchev–Trinajstić information content (AvgIpc) is 2.35. The van der Waals surface area contributed by atoms with E-state index in [-0.39, 0.29) is 6.04 Å². The molecule has 16 heavy (non-hydrogen) atoms. The highest BCUT2D eigenvalue weighted by Gasteiger charge is 2.01. The van der Waals surface area contributed by atoms with E-state index in [1.807, 2.05) is 6.92 Å².